The number of hydrogen-bond acceptors (Lipinski definition) is 4. The third kappa shape index (κ3) is 5.11. The Morgan fingerprint density at radius 1 is 1.19 bits per heavy atom. The minimum absolute atomic E-state index is 0.128. The minimum atomic E-state index is -4.49. The van der Waals surface area contributed by atoms with E-state index in [2.05, 4.69) is 15.6 Å². The predicted octanol–water partition coefficient (Wildman–Crippen LogP) is 2.28. The fraction of sp³-hybridized carbons (Fsp3) is 0.611. The first-order valence-electron chi connectivity index (χ1n) is 9.19. The number of pyridine rings is 1. The summed E-state index contributed by atoms with van der Waals surface area (Å²) in [5.74, 6) is -0.400. The number of amides is 2. The number of likely N-dealkylation sites (tertiary alicyclic amines) is 1. The normalized spacial score (nSPS) is 20.3. The van der Waals surface area contributed by atoms with E-state index in [1.165, 1.54) is 12.3 Å². The number of nitrogens with one attached hydrogen (secondary N) is 2. The molecule has 0 radical (unpaired) electrons. The molecule has 1 aromatic heterocycles. The molecule has 27 heavy (non-hydrogen) atoms. The van der Waals surface area contributed by atoms with Gasteiger partial charge in [0.2, 0.25) is 11.8 Å². The Labute approximate surface area is 155 Å². The van der Waals surface area contributed by atoms with Crippen LogP contribution in [0.1, 0.15) is 31.2 Å². The van der Waals surface area contributed by atoms with Crippen LogP contribution in [0.2, 0.25) is 0 Å². The van der Waals surface area contributed by atoms with Gasteiger partial charge in [-0.2, -0.15) is 13.2 Å². The summed E-state index contributed by atoms with van der Waals surface area (Å²) in [4.78, 5) is 29.9. The fourth-order valence-electron chi connectivity index (χ4n) is 3.27. The molecule has 0 aromatic carbocycles. The predicted molar refractivity (Wildman–Crippen MR) is 92.8 cm³/mol. The van der Waals surface area contributed by atoms with Crippen molar-refractivity contribution in [1.29, 1.82) is 0 Å². The van der Waals surface area contributed by atoms with Crippen molar-refractivity contribution in [3.05, 3.63) is 23.9 Å². The Morgan fingerprint density at radius 3 is 2.67 bits per heavy atom. The van der Waals surface area contributed by atoms with Crippen molar-refractivity contribution in [1.82, 2.24) is 15.2 Å². The van der Waals surface area contributed by atoms with E-state index in [0.29, 0.717) is 19.5 Å². The molecule has 2 heterocycles. The number of aromatic nitrogens is 1. The van der Waals surface area contributed by atoms with Gasteiger partial charge >= 0.3 is 6.18 Å². The Balaban J connectivity index is 1.44. The van der Waals surface area contributed by atoms with Crippen molar-refractivity contribution >= 4 is 17.6 Å². The summed E-state index contributed by atoms with van der Waals surface area (Å²) in [6, 6.07) is 2.19. The lowest BCUT2D eigenvalue weighted by molar-refractivity contribution is -0.138. The monoisotopic (exact) mass is 384 g/mol. The molecule has 1 saturated heterocycles. The van der Waals surface area contributed by atoms with Gasteiger partial charge in [0.05, 0.1) is 11.5 Å². The van der Waals surface area contributed by atoms with Crippen molar-refractivity contribution in [3.63, 3.8) is 0 Å². The second-order valence-corrected chi connectivity index (χ2v) is 7.01. The molecule has 0 spiro atoms. The number of nitrogens with zero attached hydrogens (tertiary/aromatic N) is 2. The van der Waals surface area contributed by atoms with Crippen LogP contribution >= 0.6 is 0 Å². The zero-order chi connectivity index (χ0) is 19.4. The molecule has 1 unspecified atom stereocenters. The van der Waals surface area contributed by atoms with Gasteiger partial charge in [0.15, 0.2) is 0 Å². The Morgan fingerprint density at radius 2 is 1.96 bits per heavy atom. The maximum Gasteiger partial charge on any atom is 0.419 e. The summed E-state index contributed by atoms with van der Waals surface area (Å²) in [5.41, 5.74) is -0.835. The first kappa shape index (κ1) is 19.4. The van der Waals surface area contributed by atoms with Gasteiger partial charge in [-0.05, 0) is 37.8 Å². The largest absolute Gasteiger partial charge is 0.419 e. The lowest BCUT2D eigenvalue weighted by atomic mass is 9.96. The molecular formula is C18H23F3N4O2. The van der Waals surface area contributed by atoms with Gasteiger partial charge in [-0.3, -0.25) is 9.59 Å². The summed E-state index contributed by atoms with van der Waals surface area (Å²) in [6.07, 6.45) is 0.170. The van der Waals surface area contributed by atoms with Gasteiger partial charge in [-0.25, -0.2) is 4.98 Å². The summed E-state index contributed by atoms with van der Waals surface area (Å²) >= 11 is 0. The lowest BCUT2D eigenvalue weighted by Crippen LogP contribution is -2.46. The average molecular weight is 384 g/mol. The van der Waals surface area contributed by atoms with Gasteiger partial charge in [-0.15, -0.1) is 0 Å². The molecule has 1 aliphatic carbocycles. The maximum absolute atomic E-state index is 12.9. The van der Waals surface area contributed by atoms with Crippen LogP contribution in [-0.4, -0.2) is 47.9 Å². The van der Waals surface area contributed by atoms with Crippen LogP contribution in [0.3, 0.4) is 0 Å². The van der Waals surface area contributed by atoms with Crippen LogP contribution in [0.5, 0.6) is 0 Å². The standard InChI is InChI=1S/C18H23F3N4O2/c19-18(20,21)14-4-1-7-22-15(14)23-8-9-24-16(26)13-3-2-10-25(11-13)17(27)12-5-6-12/h1,4,7,12-13H,2-3,5-6,8-11H2,(H,22,23)(H,24,26). The average Bonchev–Trinajstić information content (AvgIpc) is 3.49. The number of hydrogen-bond donors (Lipinski definition) is 2. The molecule has 2 amide bonds. The molecule has 1 aromatic rings. The maximum atomic E-state index is 12.9. The van der Waals surface area contributed by atoms with Crippen molar-refractivity contribution in [2.45, 2.75) is 31.9 Å². The number of piperidine rings is 1. The summed E-state index contributed by atoms with van der Waals surface area (Å²) in [7, 11) is 0. The molecule has 1 aliphatic heterocycles. The van der Waals surface area contributed by atoms with Crippen molar-refractivity contribution in [3.8, 4) is 0 Å². The van der Waals surface area contributed by atoms with Crippen LogP contribution in [0, 0.1) is 11.8 Å². The Kier molecular flexibility index (Phi) is 5.86. The van der Waals surface area contributed by atoms with E-state index in [1.807, 2.05) is 0 Å². The molecule has 2 fully saturated rings. The van der Waals surface area contributed by atoms with Gasteiger partial charge in [0, 0.05) is 38.3 Å². The zero-order valence-electron chi connectivity index (χ0n) is 14.9. The molecule has 1 saturated carbocycles. The Hall–Kier alpha value is -2.32. The van der Waals surface area contributed by atoms with Crippen molar-refractivity contribution in [2.24, 2.45) is 11.8 Å². The SMILES string of the molecule is O=C(NCCNc1ncccc1C(F)(F)F)C1CCCN(C(=O)C2CC2)C1. The summed E-state index contributed by atoms with van der Waals surface area (Å²) < 4.78 is 38.7. The molecular weight excluding hydrogens is 361 g/mol. The van der Waals surface area contributed by atoms with E-state index in [1.54, 1.807) is 4.90 Å². The lowest BCUT2D eigenvalue weighted by Gasteiger charge is -2.32. The molecule has 2 aliphatic rings. The van der Waals surface area contributed by atoms with Crippen LogP contribution in [0.15, 0.2) is 18.3 Å². The van der Waals surface area contributed by atoms with Crippen LogP contribution in [0.25, 0.3) is 0 Å². The van der Waals surface area contributed by atoms with E-state index in [-0.39, 0.29) is 42.6 Å². The summed E-state index contributed by atoms with van der Waals surface area (Å²) in [5, 5.41) is 5.35. The van der Waals surface area contributed by atoms with E-state index in [0.717, 1.165) is 25.3 Å². The molecule has 6 nitrogen and oxygen atoms in total. The van der Waals surface area contributed by atoms with Gasteiger partial charge in [0.1, 0.15) is 5.82 Å². The number of alkyl halides is 3. The molecule has 9 heteroatoms. The van der Waals surface area contributed by atoms with Crippen LogP contribution < -0.4 is 10.6 Å². The quantitative estimate of drug-likeness (QED) is 0.738. The summed E-state index contributed by atoms with van der Waals surface area (Å²) in [6.45, 7) is 1.43. The number of carbonyl (C=O) groups is 2. The van der Waals surface area contributed by atoms with E-state index >= 15 is 0 Å². The highest BCUT2D eigenvalue weighted by molar-refractivity contribution is 5.83. The second-order valence-electron chi connectivity index (χ2n) is 7.01. The topological polar surface area (TPSA) is 74.3 Å². The van der Waals surface area contributed by atoms with Crippen molar-refractivity contribution in [2.75, 3.05) is 31.5 Å². The van der Waals surface area contributed by atoms with Crippen LogP contribution in [0.4, 0.5) is 19.0 Å². The molecule has 1 atom stereocenters. The number of halogens is 3. The first-order valence-corrected chi connectivity index (χ1v) is 9.19. The second kappa shape index (κ2) is 8.14. The van der Waals surface area contributed by atoms with E-state index < -0.39 is 11.7 Å². The van der Waals surface area contributed by atoms with Gasteiger partial charge < -0.3 is 15.5 Å². The van der Waals surface area contributed by atoms with E-state index in [9.17, 15) is 22.8 Å². The third-order valence-electron chi connectivity index (χ3n) is 4.86. The molecule has 2 N–H and O–H groups in total. The minimum Gasteiger partial charge on any atom is -0.368 e. The molecule has 148 valence electrons. The fourth-order valence-corrected chi connectivity index (χ4v) is 3.27. The highest BCUT2D eigenvalue weighted by Crippen LogP contribution is 2.33. The number of carbonyl (C=O) groups excluding carboxylic acids is 2. The zero-order valence-corrected chi connectivity index (χ0v) is 14.9. The Bertz CT molecular complexity index is 691. The highest BCUT2D eigenvalue weighted by Gasteiger charge is 2.37. The van der Waals surface area contributed by atoms with Gasteiger partial charge in [-0.1, -0.05) is 0 Å². The first-order chi connectivity index (χ1) is 12.9. The molecule has 3 rings (SSSR count). The van der Waals surface area contributed by atoms with Gasteiger partial charge in [0.25, 0.3) is 0 Å². The van der Waals surface area contributed by atoms with E-state index in [4.69, 9.17) is 0 Å². The van der Waals surface area contributed by atoms with Crippen LogP contribution in [-0.2, 0) is 15.8 Å². The van der Waals surface area contributed by atoms with Crippen molar-refractivity contribution < 1.29 is 22.8 Å². The smallest absolute Gasteiger partial charge is 0.368 e. The highest BCUT2D eigenvalue weighted by atomic mass is 19.4. The number of anilines is 1. The molecule has 0 bridgehead atoms. The third-order valence-corrected chi connectivity index (χ3v) is 4.86. The number of rotatable bonds is 6.